The van der Waals surface area contributed by atoms with E-state index in [1.165, 1.54) is 12.1 Å². The first-order valence-electron chi connectivity index (χ1n) is 12.9. The van der Waals surface area contributed by atoms with Crippen LogP contribution in [0.5, 0.6) is 5.75 Å². The Bertz CT molecular complexity index is 1780. The SMILES string of the molecule is CN(C)Cc1ccc(-n2c(=O)c3c(N)n[nH]c3c3cnc(N(C)C[C@H]4CN(C)c5ccc(F)cc5O4)nc32)cc1. The van der Waals surface area contributed by atoms with Crippen molar-refractivity contribution >= 4 is 39.4 Å². The van der Waals surface area contributed by atoms with Crippen LogP contribution in [0.1, 0.15) is 5.56 Å². The van der Waals surface area contributed by atoms with Crippen molar-refractivity contribution in [2.24, 2.45) is 0 Å². The van der Waals surface area contributed by atoms with E-state index in [-0.39, 0.29) is 23.3 Å². The Morgan fingerprint density at radius 3 is 2.70 bits per heavy atom. The van der Waals surface area contributed by atoms with Gasteiger partial charge in [-0.1, -0.05) is 12.1 Å². The lowest BCUT2D eigenvalue weighted by Gasteiger charge is -2.35. The second-order valence-corrected chi connectivity index (χ2v) is 10.4. The molecular weight excluding hydrogens is 513 g/mol. The van der Waals surface area contributed by atoms with Crippen molar-refractivity contribution in [3.05, 3.63) is 70.4 Å². The summed E-state index contributed by atoms with van der Waals surface area (Å²) in [5, 5.41) is 7.85. The van der Waals surface area contributed by atoms with Gasteiger partial charge in [0.25, 0.3) is 5.56 Å². The zero-order valence-corrected chi connectivity index (χ0v) is 22.7. The van der Waals surface area contributed by atoms with Crippen LogP contribution in [0.15, 0.2) is 53.5 Å². The second-order valence-electron chi connectivity index (χ2n) is 10.4. The van der Waals surface area contributed by atoms with Crippen molar-refractivity contribution in [2.75, 3.05) is 56.8 Å². The third kappa shape index (κ3) is 4.45. The molecule has 12 heteroatoms. The number of pyridine rings is 1. The van der Waals surface area contributed by atoms with E-state index in [2.05, 4.69) is 20.1 Å². The Morgan fingerprint density at radius 1 is 1.18 bits per heavy atom. The zero-order chi connectivity index (χ0) is 28.1. The molecule has 1 aliphatic rings. The molecule has 6 rings (SSSR count). The number of aromatic nitrogens is 5. The lowest BCUT2D eigenvalue weighted by Crippen LogP contribution is -2.44. The van der Waals surface area contributed by atoms with E-state index in [0.717, 1.165) is 17.8 Å². The number of fused-ring (bicyclic) bond motifs is 4. The van der Waals surface area contributed by atoms with Crippen LogP contribution in [0.2, 0.25) is 0 Å². The Morgan fingerprint density at radius 2 is 1.95 bits per heavy atom. The summed E-state index contributed by atoms with van der Waals surface area (Å²) in [6.45, 7) is 1.82. The maximum absolute atomic E-state index is 13.9. The maximum atomic E-state index is 13.9. The maximum Gasteiger partial charge on any atom is 0.270 e. The highest BCUT2D eigenvalue weighted by Gasteiger charge is 2.26. The number of ether oxygens (including phenoxy) is 1. The van der Waals surface area contributed by atoms with Crippen LogP contribution < -0.4 is 25.8 Å². The second kappa shape index (κ2) is 9.79. The normalized spacial score (nSPS) is 15.1. The highest BCUT2D eigenvalue weighted by molar-refractivity contribution is 6.05. The molecule has 4 heterocycles. The Kier molecular flexibility index (Phi) is 6.26. The van der Waals surface area contributed by atoms with Crippen LogP contribution >= 0.6 is 0 Å². The van der Waals surface area contributed by atoms with E-state index in [1.807, 2.05) is 62.3 Å². The minimum absolute atomic E-state index is 0.122. The minimum Gasteiger partial charge on any atom is -0.484 e. The summed E-state index contributed by atoms with van der Waals surface area (Å²) in [5.74, 6) is 0.680. The van der Waals surface area contributed by atoms with Crippen LogP contribution in [0, 0.1) is 5.82 Å². The van der Waals surface area contributed by atoms with Crippen molar-refractivity contribution in [1.29, 1.82) is 0 Å². The van der Waals surface area contributed by atoms with Gasteiger partial charge in [0.15, 0.2) is 11.5 Å². The molecule has 11 nitrogen and oxygen atoms in total. The summed E-state index contributed by atoms with van der Waals surface area (Å²) in [5.41, 5.74) is 9.28. The van der Waals surface area contributed by atoms with Crippen molar-refractivity contribution in [2.45, 2.75) is 12.6 Å². The number of likely N-dealkylation sites (N-methyl/N-ethyl adjacent to an activating group) is 2. The third-order valence-corrected chi connectivity index (χ3v) is 7.06. The number of nitrogens with one attached hydrogen (secondary N) is 1. The predicted molar refractivity (Wildman–Crippen MR) is 154 cm³/mol. The molecule has 0 saturated heterocycles. The van der Waals surface area contributed by atoms with Crippen molar-refractivity contribution in [3.8, 4) is 11.4 Å². The largest absolute Gasteiger partial charge is 0.484 e. The fraction of sp³-hybridized carbons (Fsp3) is 0.286. The van der Waals surface area contributed by atoms with E-state index in [1.54, 1.807) is 16.8 Å². The molecule has 1 atom stereocenters. The third-order valence-electron chi connectivity index (χ3n) is 7.06. The predicted octanol–water partition coefficient (Wildman–Crippen LogP) is 2.77. The summed E-state index contributed by atoms with van der Waals surface area (Å²) in [7, 11) is 7.81. The van der Waals surface area contributed by atoms with Gasteiger partial charge in [0.1, 0.15) is 23.1 Å². The van der Waals surface area contributed by atoms with E-state index in [4.69, 9.17) is 15.5 Å². The molecule has 3 aromatic heterocycles. The lowest BCUT2D eigenvalue weighted by molar-refractivity contribution is 0.201. The Balaban J connectivity index is 1.40. The van der Waals surface area contributed by atoms with Crippen LogP contribution in [-0.2, 0) is 6.54 Å². The number of nitrogens with zero attached hydrogens (tertiary/aromatic N) is 7. The molecule has 0 unspecified atom stereocenters. The van der Waals surface area contributed by atoms with Gasteiger partial charge in [-0.3, -0.25) is 14.5 Å². The van der Waals surface area contributed by atoms with Crippen molar-refractivity contribution in [3.63, 3.8) is 0 Å². The van der Waals surface area contributed by atoms with Gasteiger partial charge < -0.3 is 25.2 Å². The summed E-state index contributed by atoms with van der Waals surface area (Å²) < 4.78 is 21.5. The fourth-order valence-corrected chi connectivity index (χ4v) is 5.23. The molecule has 5 aromatic rings. The van der Waals surface area contributed by atoms with Gasteiger partial charge in [0.2, 0.25) is 5.95 Å². The average molecular weight is 544 g/mol. The van der Waals surface area contributed by atoms with Gasteiger partial charge in [0, 0.05) is 32.9 Å². The molecule has 0 aliphatic carbocycles. The van der Waals surface area contributed by atoms with Crippen LogP contribution in [0.3, 0.4) is 0 Å². The van der Waals surface area contributed by atoms with Crippen molar-refractivity contribution < 1.29 is 9.13 Å². The molecule has 3 N–H and O–H groups in total. The van der Waals surface area contributed by atoms with Gasteiger partial charge in [-0.05, 0) is 43.9 Å². The van der Waals surface area contributed by atoms with Crippen LogP contribution in [-0.4, -0.2) is 77.0 Å². The fourth-order valence-electron chi connectivity index (χ4n) is 5.23. The van der Waals surface area contributed by atoms with Gasteiger partial charge in [-0.2, -0.15) is 10.1 Å². The molecule has 0 amide bonds. The summed E-state index contributed by atoms with van der Waals surface area (Å²) >= 11 is 0. The molecule has 0 saturated carbocycles. The number of rotatable bonds is 6. The average Bonchev–Trinajstić information content (AvgIpc) is 3.30. The summed E-state index contributed by atoms with van der Waals surface area (Å²) in [4.78, 5) is 29.2. The van der Waals surface area contributed by atoms with Crippen LogP contribution in [0.4, 0.5) is 21.8 Å². The summed E-state index contributed by atoms with van der Waals surface area (Å²) in [6.07, 6.45) is 1.41. The highest BCUT2D eigenvalue weighted by Crippen LogP contribution is 2.33. The number of halogens is 1. The number of nitrogen functional groups attached to an aromatic ring is 1. The number of aromatic amines is 1. The number of nitrogens with two attached hydrogens (primary N) is 1. The van der Waals surface area contributed by atoms with Crippen LogP contribution in [0.25, 0.3) is 27.6 Å². The molecule has 0 radical (unpaired) electrons. The number of hydrogen-bond acceptors (Lipinski definition) is 9. The molecule has 0 spiro atoms. The van der Waals surface area contributed by atoms with E-state index in [9.17, 15) is 9.18 Å². The van der Waals surface area contributed by atoms with Gasteiger partial charge >= 0.3 is 0 Å². The topological polar surface area (TPSA) is 121 Å². The molecule has 0 bridgehead atoms. The molecule has 1 aliphatic heterocycles. The quantitative estimate of drug-likeness (QED) is 0.333. The summed E-state index contributed by atoms with van der Waals surface area (Å²) in [6, 6.07) is 12.3. The Labute approximate surface area is 229 Å². The number of H-pyrrole nitrogens is 1. The molecular formula is C28H30FN9O2. The first kappa shape index (κ1) is 25.6. The van der Waals surface area contributed by atoms with E-state index in [0.29, 0.717) is 52.4 Å². The van der Waals surface area contributed by atoms with E-state index >= 15 is 0 Å². The van der Waals surface area contributed by atoms with Gasteiger partial charge in [0.05, 0.1) is 35.4 Å². The highest BCUT2D eigenvalue weighted by atomic mass is 19.1. The molecule has 2 aromatic carbocycles. The van der Waals surface area contributed by atoms with Gasteiger partial charge in [-0.15, -0.1) is 0 Å². The first-order valence-corrected chi connectivity index (χ1v) is 12.9. The zero-order valence-electron chi connectivity index (χ0n) is 22.7. The standard InChI is InChI=1S/C28H30FN9O2/c1-35(2)13-16-5-8-18(9-6-16)38-26-20(24-23(27(38)39)25(30)34-33-24)12-31-28(32-26)37(4)15-19-14-36(3)21-10-7-17(29)11-22(21)40-19/h5-12,19H,13-15H2,1-4H3,(H3,30,33,34)/t19-/m1/s1. The molecule has 0 fully saturated rings. The van der Waals surface area contributed by atoms with Crippen molar-refractivity contribution in [1.82, 2.24) is 29.6 Å². The van der Waals surface area contributed by atoms with E-state index < -0.39 is 0 Å². The molecule has 40 heavy (non-hydrogen) atoms. The van der Waals surface area contributed by atoms with Gasteiger partial charge in [-0.25, -0.2) is 9.37 Å². The number of hydrogen-bond donors (Lipinski definition) is 2. The molecule has 206 valence electrons. The smallest absolute Gasteiger partial charge is 0.270 e. The Hall–Kier alpha value is -4.71. The number of benzene rings is 2. The lowest BCUT2D eigenvalue weighted by atomic mass is 10.1. The first-order chi connectivity index (χ1) is 19.2. The monoisotopic (exact) mass is 543 g/mol. The number of anilines is 3. The minimum atomic E-state index is -0.350.